The highest BCUT2D eigenvalue weighted by Gasteiger charge is 2.27. The number of carbonyl (C=O) groups excluding carboxylic acids is 3. The summed E-state index contributed by atoms with van der Waals surface area (Å²) in [6, 6.07) is 30.2. The molecule has 4 N–H and O–H groups in total. The number of benzene rings is 4. The Morgan fingerprint density at radius 2 is 1.30 bits per heavy atom. The van der Waals surface area contributed by atoms with Gasteiger partial charge in [0.1, 0.15) is 18.7 Å². The Hall–Kier alpha value is -4.65. The molecule has 0 radical (unpaired) electrons. The number of hydrogen-bond donors (Lipinski definition) is 3. The Labute approximate surface area is 215 Å². The predicted octanol–water partition coefficient (Wildman–Crippen LogP) is 3.89. The number of nitrogens with one attached hydrogen (secondary N) is 2. The number of alkyl carbamates (subject to hydrolysis) is 1. The third kappa shape index (κ3) is 7.18. The van der Waals surface area contributed by atoms with E-state index >= 15 is 0 Å². The van der Waals surface area contributed by atoms with Crippen molar-refractivity contribution in [1.29, 1.82) is 0 Å². The fourth-order valence-corrected chi connectivity index (χ4v) is 4.15. The molecule has 0 fully saturated rings. The van der Waals surface area contributed by atoms with Crippen molar-refractivity contribution in [2.75, 3.05) is 0 Å². The maximum absolute atomic E-state index is 13.3. The predicted molar refractivity (Wildman–Crippen MR) is 142 cm³/mol. The van der Waals surface area contributed by atoms with Crippen LogP contribution in [0.2, 0.25) is 0 Å². The van der Waals surface area contributed by atoms with Crippen LogP contribution in [0.25, 0.3) is 10.8 Å². The molecule has 7 nitrogen and oxygen atoms in total. The summed E-state index contributed by atoms with van der Waals surface area (Å²) in [6.07, 6.45) is -0.296. The van der Waals surface area contributed by atoms with Crippen molar-refractivity contribution in [1.82, 2.24) is 10.6 Å². The van der Waals surface area contributed by atoms with Gasteiger partial charge in [0.2, 0.25) is 11.8 Å². The molecule has 0 heterocycles. The Bertz CT molecular complexity index is 1350. The Morgan fingerprint density at radius 3 is 2.00 bits per heavy atom. The molecule has 0 spiro atoms. The molecule has 0 aromatic heterocycles. The van der Waals surface area contributed by atoms with Gasteiger partial charge in [0.15, 0.2) is 0 Å². The zero-order valence-electron chi connectivity index (χ0n) is 20.3. The summed E-state index contributed by atoms with van der Waals surface area (Å²) in [4.78, 5) is 38.2. The molecule has 0 unspecified atom stereocenters. The second-order valence-corrected chi connectivity index (χ2v) is 8.75. The monoisotopic (exact) mass is 495 g/mol. The molecule has 2 atom stereocenters. The van der Waals surface area contributed by atoms with E-state index in [9.17, 15) is 14.4 Å². The van der Waals surface area contributed by atoms with Gasteiger partial charge in [0, 0.05) is 12.8 Å². The minimum atomic E-state index is -0.972. The maximum Gasteiger partial charge on any atom is 0.408 e. The van der Waals surface area contributed by atoms with Crippen LogP contribution < -0.4 is 16.4 Å². The molecule has 0 aliphatic carbocycles. The minimum Gasteiger partial charge on any atom is -0.445 e. The molecule has 4 aromatic rings. The van der Waals surface area contributed by atoms with Crippen LogP contribution >= 0.6 is 0 Å². The SMILES string of the molecule is NC(=O)[C@@H](Cc1cccc2ccccc12)NC(=O)[C@@H](Cc1ccccc1)NC(=O)OCc1ccccc1. The lowest BCUT2D eigenvalue weighted by atomic mass is 9.98. The third-order valence-corrected chi connectivity index (χ3v) is 6.07. The van der Waals surface area contributed by atoms with E-state index in [4.69, 9.17) is 10.5 Å². The van der Waals surface area contributed by atoms with Gasteiger partial charge in [-0.2, -0.15) is 0 Å². The van der Waals surface area contributed by atoms with Gasteiger partial charge in [-0.1, -0.05) is 103 Å². The van der Waals surface area contributed by atoms with Crippen LogP contribution in [-0.4, -0.2) is 30.0 Å². The van der Waals surface area contributed by atoms with Crippen LogP contribution in [0.3, 0.4) is 0 Å². The van der Waals surface area contributed by atoms with Crippen molar-refractivity contribution < 1.29 is 19.1 Å². The van der Waals surface area contributed by atoms with Gasteiger partial charge < -0.3 is 21.1 Å². The first-order valence-electron chi connectivity index (χ1n) is 12.1. The lowest BCUT2D eigenvalue weighted by molar-refractivity contribution is -0.128. The van der Waals surface area contributed by atoms with Crippen LogP contribution in [0.1, 0.15) is 16.7 Å². The molecule has 0 aliphatic rings. The molecule has 0 aliphatic heterocycles. The molecule has 7 heteroatoms. The van der Waals surface area contributed by atoms with E-state index in [-0.39, 0.29) is 19.4 Å². The summed E-state index contributed by atoms with van der Waals surface area (Å²) >= 11 is 0. The van der Waals surface area contributed by atoms with Gasteiger partial charge in [-0.05, 0) is 27.5 Å². The average molecular weight is 496 g/mol. The number of hydrogen-bond acceptors (Lipinski definition) is 4. The topological polar surface area (TPSA) is 111 Å². The van der Waals surface area contributed by atoms with Gasteiger partial charge in [-0.15, -0.1) is 0 Å². The average Bonchev–Trinajstić information content (AvgIpc) is 2.92. The first-order chi connectivity index (χ1) is 18.0. The lowest BCUT2D eigenvalue weighted by Crippen LogP contribution is -2.54. The summed E-state index contributed by atoms with van der Waals surface area (Å²) in [5, 5.41) is 7.40. The second kappa shape index (κ2) is 12.4. The summed E-state index contributed by atoms with van der Waals surface area (Å²) in [5.74, 6) is -1.18. The molecular weight excluding hydrogens is 466 g/mol. The zero-order valence-corrected chi connectivity index (χ0v) is 20.3. The van der Waals surface area contributed by atoms with Gasteiger partial charge in [-0.3, -0.25) is 9.59 Å². The highest BCUT2D eigenvalue weighted by molar-refractivity contribution is 5.92. The Morgan fingerprint density at radius 1 is 0.676 bits per heavy atom. The van der Waals surface area contributed by atoms with Crippen LogP contribution in [0, 0.1) is 0 Å². The maximum atomic E-state index is 13.3. The number of primary amides is 1. The largest absolute Gasteiger partial charge is 0.445 e. The number of fused-ring (bicyclic) bond motifs is 1. The smallest absolute Gasteiger partial charge is 0.408 e. The molecule has 0 saturated heterocycles. The molecule has 0 saturated carbocycles. The Balaban J connectivity index is 1.48. The second-order valence-electron chi connectivity index (χ2n) is 8.75. The van der Waals surface area contributed by atoms with Gasteiger partial charge in [0.25, 0.3) is 0 Å². The summed E-state index contributed by atoms with van der Waals surface area (Å²) in [6.45, 7) is 0.0668. The van der Waals surface area contributed by atoms with Crippen LogP contribution in [-0.2, 0) is 33.8 Å². The fourth-order valence-electron chi connectivity index (χ4n) is 4.15. The molecule has 0 bridgehead atoms. The van der Waals surface area contributed by atoms with E-state index in [1.807, 2.05) is 103 Å². The normalized spacial score (nSPS) is 12.3. The molecule has 4 aromatic carbocycles. The zero-order chi connectivity index (χ0) is 26.0. The van der Waals surface area contributed by atoms with Crippen molar-refractivity contribution >= 4 is 28.7 Å². The first kappa shape index (κ1) is 25.4. The summed E-state index contributed by atoms with van der Waals surface area (Å²) in [5.41, 5.74) is 8.23. The van der Waals surface area contributed by atoms with Crippen LogP contribution in [0.4, 0.5) is 4.79 Å². The number of nitrogens with two attached hydrogens (primary N) is 1. The fraction of sp³-hybridized carbons (Fsp3) is 0.167. The number of rotatable bonds is 10. The molecule has 37 heavy (non-hydrogen) atoms. The highest BCUT2D eigenvalue weighted by atomic mass is 16.5. The number of ether oxygens (including phenoxy) is 1. The van der Waals surface area contributed by atoms with E-state index < -0.39 is 30.0 Å². The molecule has 188 valence electrons. The number of amides is 3. The van der Waals surface area contributed by atoms with Gasteiger partial charge in [-0.25, -0.2) is 4.79 Å². The van der Waals surface area contributed by atoms with E-state index in [1.54, 1.807) is 0 Å². The van der Waals surface area contributed by atoms with E-state index in [0.29, 0.717) is 0 Å². The highest BCUT2D eigenvalue weighted by Crippen LogP contribution is 2.20. The standard InChI is InChI=1S/C30H29N3O4/c31-28(34)26(19-24-16-9-15-23-14-7-8-17-25(23)24)32-29(35)27(18-21-10-3-1-4-11-21)33-30(36)37-20-22-12-5-2-6-13-22/h1-17,26-27H,18-20H2,(H2,31,34)(H,32,35)(H,33,36)/t26-,27-/m1/s1. The van der Waals surface area contributed by atoms with Gasteiger partial charge in [0.05, 0.1) is 0 Å². The van der Waals surface area contributed by atoms with E-state index in [1.165, 1.54) is 0 Å². The molecular formula is C30H29N3O4. The van der Waals surface area contributed by atoms with E-state index in [0.717, 1.165) is 27.5 Å². The van der Waals surface area contributed by atoms with E-state index in [2.05, 4.69) is 10.6 Å². The summed E-state index contributed by atoms with van der Waals surface area (Å²) < 4.78 is 5.32. The molecule has 3 amide bonds. The van der Waals surface area contributed by atoms with Gasteiger partial charge >= 0.3 is 6.09 Å². The van der Waals surface area contributed by atoms with Crippen LogP contribution in [0.15, 0.2) is 103 Å². The quantitative estimate of drug-likeness (QED) is 0.310. The van der Waals surface area contributed by atoms with Crippen molar-refractivity contribution in [3.05, 3.63) is 120 Å². The van der Waals surface area contributed by atoms with Crippen molar-refractivity contribution in [3.8, 4) is 0 Å². The Kier molecular flexibility index (Phi) is 8.49. The lowest BCUT2D eigenvalue weighted by Gasteiger charge is -2.22. The number of carbonyl (C=O) groups is 3. The van der Waals surface area contributed by atoms with Crippen molar-refractivity contribution in [2.45, 2.75) is 31.5 Å². The van der Waals surface area contributed by atoms with Crippen molar-refractivity contribution in [3.63, 3.8) is 0 Å². The third-order valence-electron chi connectivity index (χ3n) is 6.07. The minimum absolute atomic E-state index is 0.0668. The summed E-state index contributed by atoms with van der Waals surface area (Å²) in [7, 11) is 0. The van der Waals surface area contributed by atoms with Crippen molar-refractivity contribution in [2.24, 2.45) is 5.73 Å². The first-order valence-corrected chi connectivity index (χ1v) is 12.1. The van der Waals surface area contributed by atoms with Crippen LogP contribution in [0.5, 0.6) is 0 Å². The molecule has 4 rings (SSSR count).